The normalized spacial score (nSPS) is 26.3. The minimum absolute atomic E-state index is 0.0907. The van der Waals surface area contributed by atoms with Gasteiger partial charge in [0.25, 0.3) is 0 Å². The number of hydrogen-bond acceptors (Lipinski definition) is 4. The van der Waals surface area contributed by atoms with Crippen molar-refractivity contribution < 1.29 is 4.79 Å². The number of hydrogen-bond donors (Lipinski definition) is 1. The number of allylic oxidation sites excluding steroid dienone is 2. The molecule has 0 spiro atoms. The Labute approximate surface area is 105 Å². The Bertz CT molecular complexity index is 572. The molecule has 18 heavy (non-hydrogen) atoms. The second kappa shape index (κ2) is 4.22. The smallest absolute Gasteiger partial charge is 0.219 e. The van der Waals surface area contributed by atoms with E-state index in [9.17, 15) is 4.79 Å². The molecule has 0 radical (unpaired) electrons. The van der Waals surface area contributed by atoms with Gasteiger partial charge in [-0.05, 0) is 5.56 Å². The molecular weight excluding hydrogens is 226 g/mol. The third-order valence-corrected chi connectivity index (χ3v) is 3.29. The van der Waals surface area contributed by atoms with Crippen LogP contribution in [-0.4, -0.2) is 18.0 Å². The van der Waals surface area contributed by atoms with Crippen molar-refractivity contribution in [3.8, 4) is 0 Å². The fourth-order valence-corrected chi connectivity index (χ4v) is 2.37. The van der Waals surface area contributed by atoms with Gasteiger partial charge in [0.15, 0.2) is 0 Å². The SMILES string of the molecule is NC1=NC2=CC(c3ccccc3)CC(=O)C2C=N1. The van der Waals surface area contributed by atoms with Crippen molar-refractivity contribution in [3.05, 3.63) is 47.7 Å². The number of fused-ring (bicyclic) bond motifs is 1. The van der Waals surface area contributed by atoms with Gasteiger partial charge in [-0.3, -0.25) is 4.79 Å². The van der Waals surface area contributed by atoms with Crippen LogP contribution in [-0.2, 0) is 4.79 Å². The Morgan fingerprint density at radius 2 is 2.00 bits per heavy atom. The van der Waals surface area contributed by atoms with Gasteiger partial charge in [0, 0.05) is 18.6 Å². The lowest BCUT2D eigenvalue weighted by Crippen LogP contribution is -2.29. The summed E-state index contributed by atoms with van der Waals surface area (Å²) in [5, 5.41) is 0. The van der Waals surface area contributed by atoms with Crippen molar-refractivity contribution in [1.29, 1.82) is 0 Å². The van der Waals surface area contributed by atoms with E-state index in [0.717, 1.165) is 11.3 Å². The summed E-state index contributed by atoms with van der Waals surface area (Å²) in [7, 11) is 0. The van der Waals surface area contributed by atoms with E-state index in [1.54, 1.807) is 6.21 Å². The predicted molar refractivity (Wildman–Crippen MR) is 70.5 cm³/mol. The van der Waals surface area contributed by atoms with Crippen molar-refractivity contribution in [2.75, 3.05) is 0 Å². The van der Waals surface area contributed by atoms with Crippen LogP contribution in [0.15, 0.2) is 52.1 Å². The van der Waals surface area contributed by atoms with Gasteiger partial charge in [0.1, 0.15) is 5.78 Å². The molecule has 1 aromatic carbocycles. The van der Waals surface area contributed by atoms with Crippen molar-refractivity contribution >= 4 is 18.0 Å². The van der Waals surface area contributed by atoms with Gasteiger partial charge in [0.05, 0.1) is 11.6 Å². The first-order valence-electron chi connectivity index (χ1n) is 5.92. The molecule has 4 heteroatoms. The van der Waals surface area contributed by atoms with Gasteiger partial charge in [-0.25, -0.2) is 9.98 Å². The van der Waals surface area contributed by atoms with E-state index in [-0.39, 0.29) is 23.6 Å². The number of carbonyl (C=O) groups excluding carboxylic acids is 1. The Balaban J connectivity index is 1.99. The van der Waals surface area contributed by atoms with E-state index in [0.29, 0.717) is 6.42 Å². The first-order valence-corrected chi connectivity index (χ1v) is 5.92. The zero-order valence-electron chi connectivity index (χ0n) is 9.78. The molecule has 1 aliphatic heterocycles. The summed E-state index contributed by atoms with van der Waals surface area (Å²) in [5.41, 5.74) is 7.43. The van der Waals surface area contributed by atoms with Crippen LogP contribution in [0.2, 0.25) is 0 Å². The monoisotopic (exact) mass is 239 g/mol. The number of aliphatic imine (C=N–C) groups is 2. The maximum Gasteiger partial charge on any atom is 0.219 e. The Morgan fingerprint density at radius 3 is 2.78 bits per heavy atom. The quantitative estimate of drug-likeness (QED) is 0.809. The fraction of sp³-hybridized carbons (Fsp3) is 0.214. The maximum atomic E-state index is 12.1. The summed E-state index contributed by atoms with van der Waals surface area (Å²) in [6.45, 7) is 0. The molecule has 2 aliphatic rings. The summed E-state index contributed by atoms with van der Waals surface area (Å²) < 4.78 is 0. The van der Waals surface area contributed by atoms with Crippen LogP contribution in [0.1, 0.15) is 17.9 Å². The molecule has 0 amide bonds. The Kier molecular flexibility index (Phi) is 2.55. The van der Waals surface area contributed by atoms with Crippen molar-refractivity contribution in [2.45, 2.75) is 12.3 Å². The topological polar surface area (TPSA) is 67.8 Å². The Hall–Kier alpha value is -2.23. The molecule has 2 unspecified atom stereocenters. The summed E-state index contributed by atoms with van der Waals surface area (Å²) in [4.78, 5) is 20.1. The molecule has 1 aliphatic carbocycles. The second-order valence-electron chi connectivity index (χ2n) is 4.50. The highest BCUT2D eigenvalue weighted by Gasteiger charge is 2.31. The van der Waals surface area contributed by atoms with E-state index in [2.05, 4.69) is 9.98 Å². The molecule has 1 aromatic rings. The highest BCUT2D eigenvalue weighted by molar-refractivity contribution is 6.05. The molecule has 0 saturated carbocycles. The van der Waals surface area contributed by atoms with Crippen LogP contribution >= 0.6 is 0 Å². The zero-order chi connectivity index (χ0) is 12.5. The number of rotatable bonds is 1. The van der Waals surface area contributed by atoms with Crippen LogP contribution in [0, 0.1) is 5.92 Å². The summed E-state index contributed by atoms with van der Waals surface area (Å²) in [6.07, 6.45) is 4.12. The minimum atomic E-state index is -0.308. The molecule has 0 aromatic heterocycles. The molecule has 2 atom stereocenters. The molecular formula is C14H13N3O. The van der Waals surface area contributed by atoms with Crippen molar-refractivity contribution in [2.24, 2.45) is 21.6 Å². The molecule has 4 nitrogen and oxygen atoms in total. The molecule has 2 N–H and O–H groups in total. The molecule has 90 valence electrons. The molecule has 0 bridgehead atoms. The largest absolute Gasteiger partial charge is 0.368 e. The van der Waals surface area contributed by atoms with E-state index in [4.69, 9.17) is 5.73 Å². The second-order valence-corrected chi connectivity index (χ2v) is 4.50. The molecule has 0 fully saturated rings. The first kappa shape index (κ1) is 10.9. The van der Waals surface area contributed by atoms with Gasteiger partial charge in [-0.1, -0.05) is 36.4 Å². The van der Waals surface area contributed by atoms with Crippen molar-refractivity contribution in [1.82, 2.24) is 0 Å². The Morgan fingerprint density at radius 1 is 1.22 bits per heavy atom. The van der Waals surface area contributed by atoms with E-state index in [1.165, 1.54) is 0 Å². The average Bonchev–Trinajstić information content (AvgIpc) is 2.39. The van der Waals surface area contributed by atoms with Crippen LogP contribution in [0.25, 0.3) is 0 Å². The number of nitrogens with two attached hydrogens (primary N) is 1. The third-order valence-electron chi connectivity index (χ3n) is 3.29. The number of Topliss-reactive ketones (excluding diaryl/α,β-unsaturated/α-hetero) is 1. The molecule has 1 heterocycles. The highest BCUT2D eigenvalue weighted by Crippen LogP contribution is 2.33. The van der Waals surface area contributed by atoms with Crippen LogP contribution in [0.3, 0.4) is 0 Å². The van der Waals surface area contributed by atoms with Crippen LogP contribution in [0.5, 0.6) is 0 Å². The summed E-state index contributed by atoms with van der Waals surface area (Å²) >= 11 is 0. The summed E-state index contributed by atoms with van der Waals surface area (Å²) in [5.74, 6) is 0.158. The van der Waals surface area contributed by atoms with E-state index in [1.807, 2.05) is 36.4 Å². The molecule has 3 rings (SSSR count). The lowest BCUT2D eigenvalue weighted by atomic mass is 9.81. The molecule has 0 saturated heterocycles. The number of nitrogens with zero attached hydrogens (tertiary/aromatic N) is 2. The highest BCUT2D eigenvalue weighted by atomic mass is 16.1. The van der Waals surface area contributed by atoms with Gasteiger partial charge in [-0.2, -0.15) is 0 Å². The number of benzene rings is 1. The lowest BCUT2D eigenvalue weighted by Gasteiger charge is -2.25. The first-order chi connectivity index (χ1) is 8.74. The number of carbonyl (C=O) groups is 1. The zero-order valence-corrected chi connectivity index (χ0v) is 9.78. The summed E-state index contributed by atoms with van der Waals surface area (Å²) in [6, 6.07) is 9.97. The van der Waals surface area contributed by atoms with Crippen LogP contribution < -0.4 is 5.73 Å². The van der Waals surface area contributed by atoms with Gasteiger partial charge in [0.2, 0.25) is 5.96 Å². The predicted octanol–water partition coefficient (Wildman–Crippen LogP) is 1.64. The number of guanidine groups is 1. The van der Waals surface area contributed by atoms with Gasteiger partial charge < -0.3 is 5.73 Å². The van der Waals surface area contributed by atoms with E-state index < -0.39 is 0 Å². The standard InChI is InChI=1S/C14H13N3O/c15-14-16-8-11-12(17-14)6-10(7-13(11)18)9-4-2-1-3-5-9/h1-6,8,10-11H,7H2,(H2,15,17). The fourth-order valence-electron chi connectivity index (χ4n) is 2.37. The maximum absolute atomic E-state index is 12.1. The van der Waals surface area contributed by atoms with Gasteiger partial charge in [-0.15, -0.1) is 0 Å². The lowest BCUT2D eigenvalue weighted by molar-refractivity contribution is -0.120. The van der Waals surface area contributed by atoms with Crippen LogP contribution in [0.4, 0.5) is 0 Å². The number of ketones is 1. The van der Waals surface area contributed by atoms with Gasteiger partial charge >= 0.3 is 0 Å². The third kappa shape index (κ3) is 1.86. The van der Waals surface area contributed by atoms with E-state index >= 15 is 0 Å². The average molecular weight is 239 g/mol. The minimum Gasteiger partial charge on any atom is -0.368 e. The van der Waals surface area contributed by atoms with Crippen molar-refractivity contribution in [3.63, 3.8) is 0 Å².